The molecule has 1 saturated heterocycles. The van der Waals surface area contributed by atoms with Gasteiger partial charge in [-0.2, -0.15) is 0 Å². The minimum Gasteiger partial charge on any atom is -0.486 e. The number of amides is 2. The highest BCUT2D eigenvalue weighted by molar-refractivity contribution is 7.96. The highest BCUT2D eigenvalue weighted by Gasteiger charge is 2.41. The number of hydrogen-bond donors (Lipinski definition) is 2. The number of hydrogen-bond acceptors (Lipinski definition) is 7. The molecule has 188 valence electrons. The number of halogens is 1. The number of nitrogens with one attached hydrogen (secondary N) is 1. The molecular formula is C24H27ClN2O7S. The Hall–Kier alpha value is -3.24. The van der Waals surface area contributed by atoms with Crippen molar-refractivity contribution in [3.8, 4) is 5.75 Å². The summed E-state index contributed by atoms with van der Waals surface area (Å²) < 4.78 is 15.8. The monoisotopic (exact) mass is 522 g/mol. The smallest absolute Gasteiger partial charge is 0.410 e. The number of carbonyl (C=O) groups is 4. The lowest BCUT2D eigenvalue weighted by Gasteiger charge is -2.24. The number of rotatable bonds is 12. The van der Waals surface area contributed by atoms with E-state index < -0.39 is 24.0 Å². The molecule has 35 heavy (non-hydrogen) atoms. The van der Waals surface area contributed by atoms with Crippen molar-refractivity contribution in [2.45, 2.75) is 18.9 Å². The fourth-order valence-electron chi connectivity index (χ4n) is 3.55. The molecule has 2 amide bonds. The molecule has 1 aromatic carbocycles. The largest absolute Gasteiger partial charge is 0.486 e. The van der Waals surface area contributed by atoms with E-state index in [9.17, 15) is 19.2 Å². The van der Waals surface area contributed by atoms with Gasteiger partial charge in [-0.05, 0) is 24.5 Å². The first-order valence-electron chi connectivity index (χ1n) is 10.6. The second-order valence-corrected chi connectivity index (χ2v) is 8.47. The van der Waals surface area contributed by atoms with E-state index in [0.29, 0.717) is 0 Å². The van der Waals surface area contributed by atoms with E-state index in [4.69, 9.17) is 25.8 Å². The Bertz CT molecular complexity index is 1010. The maximum Gasteiger partial charge on any atom is 0.410 e. The van der Waals surface area contributed by atoms with Gasteiger partial charge in [0.2, 0.25) is 5.91 Å². The number of benzene rings is 1. The van der Waals surface area contributed by atoms with Crippen LogP contribution >= 0.6 is 24.2 Å². The molecule has 0 radical (unpaired) electrons. The Balaban J connectivity index is 2.37. The first-order chi connectivity index (χ1) is 16.7. The van der Waals surface area contributed by atoms with Gasteiger partial charge in [0.15, 0.2) is 10.9 Å². The van der Waals surface area contributed by atoms with E-state index in [-0.39, 0.29) is 72.3 Å². The lowest BCUT2D eigenvalue weighted by atomic mass is 10.0. The predicted octanol–water partition coefficient (Wildman–Crippen LogP) is 4.05. The molecule has 0 saturated carbocycles. The van der Waals surface area contributed by atoms with Gasteiger partial charge in [0.25, 0.3) is 0 Å². The van der Waals surface area contributed by atoms with Gasteiger partial charge < -0.3 is 19.5 Å². The molecule has 0 aromatic heterocycles. The first-order valence-corrected chi connectivity index (χ1v) is 11.5. The van der Waals surface area contributed by atoms with Crippen LogP contribution in [0.25, 0.3) is 0 Å². The van der Waals surface area contributed by atoms with Crippen LogP contribution in [0.1, 0.15) is 23.2 Å². The van der Waals surface area contributed by atoms with Crippen LogP contribution in [0.3, 0.4) is 0 Å². The molecule has 0 aliphatic carbocycles. The van der Waals surface area contributed by atoms with Crippen molar-refractivity contribution in [3.05, 3.63) is 60.7 Å². The normalized spacial score (nSPS) is 16.7. The molecule has 1 aliphatic heterocycles. The number of carbonyl (C=O) groups excluding carboxylic acids is 4. The van der Waals surface area contributed by atoms with Crippen molar-refractivity contribution in [1.29, 1.82) is 0 Å². The van der Waals surface area contributed by atoms with Crippen LogP contribution in [-0.2, 0) is 19.1 Å². The van der Waals surface area contributed by atoms with Crippen LogP contribution in [0.4, 0.5) is 10.5 Å². The zero-order chi connectivity index (χ0) is 26.0. The SMILES string of the molecule is C=CCOC(=O)c1cc(Cl)cc(NC(=O)[C@@H]2C[C@@H](CC(=O)S)CN2C(=O)OCC=C)c1OCC=C. The second-order valence-electron chi connectivity index (χ2n) is 7.54. The topological polar surface area (TPSA) is 111 Å². The van der Waals surface area contributed by atoms with Gasteiger partial charge in [0, 0.05) is 18.0 Å². The van der Waals surface area contributed by atoms with E-state index in [2.05, 4.69) is 37.7 Å². The van der Waals surface area contributed by atoms with Crippen LogP contribution in [0, 0.1) is 5.92 Å². The summed E-state index contributed by atoms with van der Waals surface area (Å²) in [7, 11) is 0. The highest BCUT2D eigenvalue weighted by atomic mass is 35.5. The average molecular weight is 523 g/mol. The Labute approximate surface area is 214 Å². The van der Waals surface area contributed by atoms with Gasteiger partial charge in [-0.25, -0.2) is 9.59 Å². The number of esters is 1. The molecule has 1 N–H and O–H groups in total. The fourth-order valence-corrected chi connectivity index (χ4v) is 4.02. The van der Waals surface area contributed by atoms with Gasteiger partial charge in [0.1, 0.15) is 31.4 Å². The third kappa shape index (κ3) is 7.90. The Kier molecular flexibility index (Phi) is 10.9. The molecule has 2 atom stereocenters. The quantitative estimate of drug-likeness (QED) is 0.242. The van der Waals surface area contributed by atoms with Crippen molar-refractivity contribution in [1.82, 2.24) is 4.90 Å². The van der Waals surface area contributed by atoms with Crippen molar-refractivity contribution >= 4 is 53.0 Å². The predicted molar refractivity (Wildman–Crippen MR) is 135 cm³/mol. The maximum absolute atomic E-state index is 13.3. The second kappa shape index (κ2) is 13.6. The average Bonchev–Trinajstić information content (AvgIpc) is 3.23. The summed E-state index contributed by atoms with van der Waals surface area (Å²) in [5.41, 5.74) is 0.0896. The molecule has 0 spiro atoms. The molecular weight excluding hydrogens is 496 g/mol. The summed E-state index contributed by atoms with van der Waals surface area (Å²) >= 11 is 10.0. The molecule has 11 heteroatoms. The summed E-state index contributed by atoms with van der Waals surface area (Å²) in [6.07, 6.45) is 3.84. The Morgan fingerprint density at radius 2 is 1.74 bits per heavy atom. The van der Waals surface area contributed by atoms with Gasteiger partial charge in [-0.15, -0.1) is 12.6 Å². The van der Waals surface area contributed by atoms with E-state index >= 15 is 0 Å². The van der Waals surface area contributed by atoms with Crippen LogP contribution in [-0.4, -0.2) is 60.4 Å². The third-order valence-corrected chi connectivity index (χ3v) is 5.32. The summed E-state index contributed by atoms with van der Waals surface area (Å²) in [5.74, 6) is -1.57. The summed E-state index contributed by atoms with van der Waals surface area (Å²) in [6.45, 7) is 10.7. The van der Waals surface area contributed by atoms with Crippen molar-refractivity contribution in [2.75, 3.05) is 31.7 Å². The molecule has 2 rings (SSSR count). The molecule has 0 bridgehead atoms. The Morgan fingerprint density at radius 3 is 2.37 bits per heavy atom. The van der Waals surface area contributed by atoms with E-state index in [1.807, 2.05) is 0 Å². The van der Waals surface area contributed by atoms with Gasteiger partial charge in [-0.3, -0.25) is 14.5 Å². The molecule has 0 unspecified atom stereocenters. The van der Waals surface area contributed by atoms with Crippen LogP contribution in [0.15, 0.2) is 50.1 Å². The van der Waals surface area contributed by atoms with Gasteiger partial charge in [-0.1, -0.05) is 49.6 Å². The van der Waals surface area contributed by atoms with Crippen molar-refractivity contribution < 1.29 is 33.4 Å². The summed E-state index contributed by atoms with van der Waals surface area (Å²) in [5, 5.41) is 2.47. The Morgan fingerprint density at radius 1 is 1.09 bits per heavy atom. The van der Waals surface area contributed by atoms with E-state index in [1.54, 1.807) is 0 Å². The van der Waals surface area contributed by atoms with E-state index in [1.165, 1.54) is 35.3 Å². The standard InChI is InChI=1S/C24H27ClN2O7S/c1-4-7-32-21-17(23(30)33-8-5-2)12-16(25)13-18(21)26-22(29)19-10-15(11-20(28)35)14-27(19)24(31)34-9-6-3/h4-6,12-13,15,19H,1-3,7-11,14H2,(H,26,29)(H,28,35)/t15-,19-/m0/s1. The van der Waals surface area contributed by atoms with Gasteiger partial charge >= 0.3 is 12.1 Å². The number of nitrogens with zero attached hydrogens (tertiary/aromatic N) is 1. The zero-order valence-corrected chi connectivity index (χ0v) is 20.7. The maximum atomic E-state index is 13.3. The van der Waals surface area contributed by atoms with E-state index in [0.717, 1.165) is 0 Å². The highest BCUT2D eigenvalue weighted by Crippen LogP contribution is 2.35. The van der Waals surface area contributed by atoms with Crippen molar-refractivity contribution in [3.63, 3.8) is 0 Å². The molecule has 1 aromatic rings. The number of likely N-dealkylation sites (tertiary alicyclic amines) is 1. The molecule has 1 fully saturated rings. The minimum absolute atomic E-state index is 0.0104. The third-order valence-electron chi connectivity index (χ3n) is 4.92. The molecule has 1 heterocycles. The van der Waals surface area contributed by atoms with Crippen molar-refractivity contribution in [2.24, 2.45) is 5.92 Å². The zero-order valence-electron chi connectivity index (χ0n) is 19.0. The number of anilines is 1. The number of thiol groups is 1. The molecule has 1 aliphatic rings. The first kappa shape index (κ1) is 28.0. The minimum atomic E-state index is -0.951. The molecule has 9 nitrogen and oxygen atoms in total. The summed E-state index contributed by atoms with van der Waals surface area (Å²) in [6, 6.07) is 1.81. The lowest BCUT2D eigenvalue weighted by molar-refractivity contribution is -0.120. The van der Waals surface area contributed by atoms with Crippen LogP contribution in [0.5, 0.6) is 5.75 Å². The van der Waals surface area contributed by atoms with Crippen LogP contribution in [0.2, 0.25) is 5.02 Å². The lowest BCUT2D eigenvalue weighted by Crippen LogP contribution is -2.43. The van der Waals surface area contributed by atoms with Gasteiger partial charge in [0.05, 0.1) is 5.69 Å². The summed E-state index contributed by atoms with van der Waals surface area (Å²) in [4.78, 5) is 51.2. The van der Waals surface area contributed by atoms with Crippen LogP contribution < -0.4 is 10.1 Å². The number of ether oxygens (including phenoxy) is 3. The fraction of sp³-hybridized carbons (Fsp3) is 0.333.